The number of hydrogen-bond acceptors (Lipinski definition) is 1. The van der Waals surface area contributed by atoms with E-state index < -0.39 is 24.9 Å². The molecular formula is C11H18FIO. The van der Waals surface area contributed by atoms with Crippen LogP contribution >= 0.6 is 20.7 Å². The first kappa shape index (κ1) is 12.1. The largest absolute Gasteiger partial charge is 0.497 e. The third-order valence-corrected chi connectivity index (χ3v) is 5.45. The molecule has 0 fully saturated rings. The van der Waals surface area contributed by atoms with Gasteiger partial charge in [0, 0.05) is 9.93 Å². The highest BCUT2D eigenvalue weighted by atomic mass is 127. The molecule has 0 amide bonds. The Bertz CT molecular complexity index is 248. The molecular weight excluding hydrogens is 294 g/mol. The van der Waals surface area contributed by atoms with Crippen LogP contribution in [0.4, 0.5) is 4.39 Å². The predicted octanol–water partition coefficient (Wildman–Crippen LogP) is 3.51. The Morgan fingerprint density at radius 3 is 2.64 bits per heavy atom. The first-order chi connectivity index (χ1) is 6.56. The number of allylic oxidation sites excluding steroid dienone is 2. The standard InChI is InChI=1S/C11H18FIO/c1-7(2)10-5-9(14-4)6-13-11(12)8(10)3/h5-8,10-11H,1-4H3. The normalized spacial score (nSPS) is 33.3. The van der Waals surface area contributed by atoms with Gasteiger partial charge in [-0.25, -0.2) is 4.39 Å². The second-order valence-corrected chi connectivity index (χ2v) is 6.56. The zero-order chi connectivity index (χ0) is 10.7. The Morgan fingerprint density at radius 2 is 2.14 bits per heavy atom. The van der Waals surface area contributed by atoms with Crippen LogP contribution in [0.2, 0.25) is 0 Å². The van der Waals surface area contributed by atoms with Crippen molar-refractivity contribution >= 4 is 24.7 Å². The van der Waals surface area contributed by atoms with Crippen LogP contribution in [-0.4, -0.2) is 15.3 Å². The summed E-state index contributed by atoms with van der Waals surface area (Å²) >= 11 is -0.500. The van der Waals surface area contributed by atoms with Crippen LogP contribution in [0, 0.1) is 17.8 Å². The van der Waals surface area contributed by atoms with Gasteiger partial charge in [0.2, 0.25) is 0 Å². The van der Waals surface area contributed by atoms with E-state index in [4.69, 9.17) is 4.74 Å². The number of halogens is 2. The number of alkyl halides is 2. The maximum atomic E-state index is 13.7. The molecule has 0 saturated carbocycles. The molecule has 0 spiro atoms. The summed E-state index contributed by atoms with van der Waals surface area (Å²) in [5.74, 6) is 1.79. The van der Waals surface area contributed by atoms with E-state index in [1.165, 1.54) is 0 Å². The minimum absolute atomic E-state index is 0.131. The van der Waals surface area contributed by atoms with Gasteiger partial charge in [-0.1, -0.05) is 41.5 Å². The van der Waals surface area contributed by atoms with Gasteiger partial charge in [-0.05, 0) is 17.9 Å². The molecule has 1 aliphatic rings. The first-order valence-corrected chi connectivity index (χ1v) is 7.40. The Hall–Kier alpha value is 0.0700. The molecule has 0 N–H and O–H groups in total. The summed E-state index contributed by atoms with van der Waals surface area (Å²) in [7, 11) is 1.66. The van der Waals surface area contributed by atoms with Crippen LogP contribution < -0.4 is 0 Å². The SMILES string of the molecule is COC1=CC(C(C)C)C(C)C(F)I=C1. The molecule has 0 bridgehead atoms. The fourth-order valence-corrected chi connectivity index (χ4v) is 3.99. The lowest BCUT2D eigenvalue weighted by atomic mass is 9.84. The second-order valence-electron chi connectivity index (χ2n) is 4.02. The van der Waals surface area contributed by atoms with Crippen LogP contribution in [-0.2, 0) is 4.74 Å². The molecule has 0 aliphatic carbocycles. The van der Waals surface area contributed by atoms with Gasteiger partial charge in [0.05, 0.1) is 7.11 Å². The Kier molecular flexibility index (Phi) is 4.54. The highest BCUT2D eigenvalue weighted by Crippen LogP contribution is 2.35. The second kappa shape index (κ2) is 5.24. The highest BCUT2D eigenvalue weighted by Gasteiger charge is 2.27. The first-order valence-electron chi connectivity index (χ1n) is 4.91. The Balaban J connectivity index is 2.92. The van der Waals surface area contributed by atoms with Crippen molar-refractivity contribution < 1.29 is 9.13 Å². The maximum Gasteiger partial charge on any atom is 0.149 e. The third kappa shape index (κ3) is 2.78. The molecule has 3 atom stereocenters. The van der Waals surface area contributed by atoms with Crippen LogP contribution in [0.1, 0.15) is 20.8 Å². The van der Waals surface area contributed by atoms with Crippen molar-refractivity contribution in [3.05, 3.63) is 11.8 Å². The van der Waals surface area contributed by atoms with E-state index >= 15 is 0 Å². The highest BCUT2D eigenvalue weighted by molar-refractivity contribution is 14.2. The summed E-state index contributed by atoms with van der Waals surface area (Å²) in [6, 6.07) is 0. The number of methoxy groups -OCH3 is 1. The molecule has 0 aromatic carbocycles. The summed E-state index contributed by atoms with van der Waals surface area (Å²) in [4.78, 5) is 0. The van der Waals surface area contributed by atoms with Crippen molar-refractivity contribution in [1.29, 1.82) is 0 Å². The van der Waals surface area contributed by atoms with Crippen molar-refractivity contribution in [3.63, 3.8) is 0 Å². The lowest BCUT2D eigenvalue weighted by Gasteiger charge is -2.24. The smallest absolute Gasteiger partial charge is 0.149 e. The minimum atomic E-state index is -0.634. The van der Waals surface area contributed by atoms with Crippen molar-refractivity contribution in [3.8, 4) is 0 Å². The van der Waals surface area contributed by atoms with Crippen LogP contribution in [0.5, 0.6) is 0 Å². The quantitative estimate of drug-likeness (QED) is 0.560. The maximum absolute atomic E-state index is 13.7. The molecule has 1 heterocycles. The van der Waals surface area contributed by atoms with E-state index in [1.807, 2.05) is 10.9 Å². The molecule has 0 aromatic rings. The molecule has 0 aromatic heterocycles. The van der Waals surface area contributed by atoms with Crippen molar-refractivity contribution in [2.75, 3.05) is 7.11 Å². The zero-order valence-corrected chi connectivity index (χ0v) is 11.3. The summed E-state index contributed by atoms with van der Waals surface area (Å²) in [5, 5.41) is 0. The van der Waals surface area contributed by atoms with E-state index in [-0.39, 0.29) is 5.92 Å². The summed E-state index contributed by atoms with van der Waals surface area (Å²) in [6.07, 6.45) is 2.09. The average Bonchev–Trinajstić information content (AvgIpc) is 2.28. The van der Waals surface area contributed by atoms with Crippen LogP contribution in [0.15, 0.2) is 11.8 Å². The van der Waals surface area contributed by atoms with Crippen LogP contribution in [0.3, 0.4) is 0 Å². The summed E-state index contributed by atoms with van der Waals surface area (Å²) in [6.45, 7) is 6.29. The third-order valence-electron chi connectivity index (χ3n) is 2.66. The number of hydrogen-bond donors (Lipinski definition) is 0. The minimum Gasteiger partial charge on any atom is -0.497 e. The van der Waals surface area contributed by atoms with E-state index in [2.05, 4.69) is 19.9 Å². The summed E-state index contributed by atoms with van der Waals surface area (Å²) < 4.78 is 20.2. The number of ether oxygens (including phenoxy) is 1. The predicted molar refractivity (Wildman–Crippen MR) is 67.6 cm³/mol. The molecule has 1 aliphatic heterocycles. The molecule has 82 valence electrons. The Labute approximate surface area is 95.5 Å². The van der Waals surface area contributed by atoms with Crippen molar-refractivity contribution in [1.82, 2.24) is 0 Å². The van der Waals surface area contributed by atoms with Crippen LogP contribution in [0.25, 0.3) is 0 Å². The van der Waals surface area contributed by atoms with Gasteiger partial charge in [0.15, 0.2) is 0 Å². The lowest BCUT2D eigenvalue weighted by molar-refractivity contribution is 0.244. The molecule has 3 heteroatoms. The fraction of sp³-hybridized carbons (Fsp3) is 0.727. The van der Waals surface area contributed by atoms with E-state index in [1.54, 1.807) is 7.11 Å². The molecule has 0 saturated heterocycles. The molecule has 3 unspecified atom stereocenters. The van der Waals surface area contributed by atoms with Gasteiger partial charge in [0.1, 0.15) is 9.94 Å². The van der Waals surface area contributed by atoms with Gasteiger partial charge in [-0.2, -0.15) is 0 Å². The van der Waals surface area contributed by atoms with Crippen molar-refractivity contribution in [2.45, 2.75) is 24.9 Å². The van der Waals surface area contributed by atoms with Gasteiger partial charge in [-0.3, -0.25) is 0 Å². The van der Waals surface area contributed by atoms with Crippen molar-refractivity contribution in [2.24, 2.45) is 17.8 Å². The summed E-state index contributed by atoms with van der Waals surface area (Å²) in [5.41, 5.74) is 0. The monoisotopic (exact) mass is 312 g/mol. The van der Waals surface area contributed by atoms with Gasteiger partial charge in [0.25, 0.3) is 0 Å². The van der Waals surface area contributed by atoms with Gasteiger partial charge >= 0.3 is 0 Å². The molecule has 1 nitrogen and oxygen atoms in total. The van der Waals surface area contributed by atoms with E-state index in [0.717, 1.165) is 5.76 Å². The fourth-order valence-electron chi connectivity index (χ4n) is 1.69. The average molecular weight is 312 g/mol. The zero-order valence-electron chi connectivity index (χ0n) is 9.13. The molecule has 0 radical (unpaired) electrons. The molecule has 14 heavy (non-hydrogen) atoms. The van der Waals surface area contributed by atoms with E-state index in [9.17, 15) is 4.39 Å². The van der Waals surface area contributed by atoms with E-state index in [0.29, 0.717) is 11.8 Å². The Morgan fingerprint density at radius 1 is 1.50 bits per heavy atom. The lowest BCUT2D eigenvalue weighted by Crippen LogP contribution is -2.21. The topological polar surface area (TPSA) is 9.23 Å². The molecule has 1 rings (SSSR count). The van der Waals surface area contributed by atoms with Gasteiger partial charge in [-0.15, -0.1) is 0 Å². The number of rotatable bonds is 2. The van der Waals surface area contributed by atoms with Gasteiger partial charge < -0.3 is 4.74 Å².